The van der Waals surface area contributed by atoms with Gasteiger partial charge in [0.05, 0.1) is 36.3 Å². The number of nitro groups is 1. The highest BCUT2D eigenvalue weighted by atomic mass is 79.9. The number of methoxy groups -OCH3 is 2. The van der Waals surface area contributed by atoms with E-state index >= 15 is 0 Å². The molecule has 0 atom stereocenters. The molecule has 1 aliphatic carbocycles. The summed E-state index contributed by atoms with van der Waals surface area (Å²) in [5, 5.41) is 16.6. The number of esters is 1. The van der Waals surface area contributed by atoms with Crippen LogP contribution in [-0.4, -0.2) is 47.6 Å². The Morgan fingerprint density at radius 3 is 2.68 bits per heavy atom. The number of rotatable bonds is 8. The van der Waals surface area contributed by atoms with E-state index in [0.717, 1.165) is 36.6 Å². The maximum absolute atomic E-state index is 13.5. The van der Waals surface area contributed by atoms with Crippen LogP contribution in [0.3, 0.4) is 0 Å². The molecule has 194 valence electrons. The first-order valence-electron chi connectivity index (χ1n) is 11.6. The molecule has 37 heavy (non-hydrogen) atoms. The van der Waals surface area contributed by atoms with Gasteiger partial charge in [-0.1, -0.05) is 35.2 Å². The molecule has 11 nitrogen and oxygen atoms in total. The first-order valence-corrected chi connectivity index (χ1v) is 12.4. The van der Waals surface area contributed by atoms with Crippen molar-refractivity contribution < 1.29 is 23.9 Å². The van der Waals surface area contributed by atoms with Gasteiger partial charge in [0.2, 0.25) is 5.75 Å². The third-order valence-electron chi connectivity index (χ3n) is 6.16. The molecule has 1 heterocycles. The van der Waals surface area contributed by atoms with Crippen molar-refractivity contribution in [2.24, 2.45) is 5.10 Å². The molecule has 0 saturated heterocycles. The van der Waals surface area contributed by atoms with Gasteiger partial charge in [-0.3, -0.25) is 14.9 Å². The number of benzene rings is 2. The summed E-state index contributed by atoms with van der Waals surface area (Å²) in [6.07, 6.45) is 6.36. The molecule has 1 aromatic heterocycles. The largest absolute Gasteiger partial charge is 0.493 e. The minimum Gasteiger partial charge on any atom is -0.493 e. The summed E-state index contributed by atoms with van der Waals surface area (Å²) in [5.41, 5.74) is 0.127. The Morgan fingerprint density at radius 2 is 2.00 bits per heavy atom. The molecule has 1 fully saturated rings. The number of nitrogens with zero attached hydrogens (tertiary/aromatic N) is 4. The van der Waals surface area contributed by atoms with Crippen LogP contribution in [0.2, 0.25) is 0 Å². The van der Waals surface area contributed by atoms with Crippen molar-refractivity contribution in [2.45, 2.75) is 38.0 Å². The van der Waals surface area contributed by atoms with E-state index in [9.17, 15) is 19.7 Å². The Kier molecular flexibility index (Phi) is 8.17. The SMILES string of the molecule is COC(=O)COc1c(OC)cc(C=Nn2c(C3CCCCC3)nc3ccc(Br)cc3c2=O)cc1[N+](=O)[O-]. The molecule has 12 heteroatoms. The van der Waals surface area contributed by atoms with Crippen LogP contribution < -0.4 is 15.0 Å². The van der Waals surface area contributed by atoms with Crippen molar-refractivity contribution in [1.29, 1.82) is 0 Å². The Hall–Kier alpha value is -3.80. The molecule has 0 spiro atoms. The predicted molar refractivity (Wildman–Crippen MR) is 140 cm³/mol. The number of aromatic nitrogens is 2. The van der Waals surface area contributed by atoms with E-state index in [-0.39, 0.29) is 23.0 Å². The van der Waals surface area contributed by atoms with E-state index in [1.807, 2.05) is 6.07 Å². The molecule has 1 aliphatic rings. The maximum Gasteiger partial charge on any atom is 0.343 e. The standard InChI is InChI=1S/C25H25BrN4O7/c1-35-21-11-15(10-20(30(33)34)23(21)37-14-22(31)36-2)13-27-29-24(16-6-4-3-5-7-16)28-19-9-8-17(26)12-18(19)25(29)32/h8-13,16H,3-7,14H2,1-2H3. The van der Waals surface area contributed by atoms with Crippen LogP contribution in [0.25, 0.3) is 10.9 Å². The second-order valence-electron chi connectivity index (χ2n) is 8.52. The second-order valence-corrected chi connectivity index (χ2v) is 9.44. The third kappa shape index (κ3) is 5.79. The summed E-state index contributed by atoms with van der Waals surface area (Å²) in [6.45, 7) is -0.528. The van der Waals surface area contributed by atoms with E-state index in [1.54, 1.807) is 12.1 Å². The molecule has 0 amide bonds. The Labute approximate surface area is 220 Å². The highest BCUT2D eigenvalue weighted by molar-refractivity contribution is 9.10. The highest BCUT2D eigenvalue weighted by Gasteiger charge is 2.25. The summed E-state index contributed by atoms with van der Waals surface area (Å²) in [4.78, 5) is 40.9. The highest BCUT2D eigenvalue weighted by Crippen LogP contribution is 2.38. The zero-order chi connectivity index (χ0) is 26.5. The number of carbonyl (C=O) groups is 1. The van der Waals surface area contributed by atoms with Gasteiger partial charge < -0.3 is 14.2 Å². The fourth-order valence-corrected chi connectivity index (χ4v) is 4.69. The average Bonchev–Trinajstić information content (AvgIpc) is 2.91. The van der Waals surface area contributed by atoms with Crippen LogP contribution >= 0.6 is 15.9 Å². The number of nitro benzene ring substituents is 1. The molecule has 0 bridgehead atoms. The molecule has 0 N–H and O–H groups in total. The number of hydrogen-bond donors (Lipinski definition) is 0. The molecule has 0 unspecified atom stereocenters. The predicted octanol–water partition coefficient (Wildman–Crippen LogP) is 4.56. The number of ether oxygens (including phenoxy) is 3. The molecule has 4 rings (SSSR count). The van der Waals surface area contributed by atoms with Crippen LogP contribution in [0.15, 0.2) is 44.7 Å². The number of fused-ring (bicyclic) bond motifs is 1. The summed E-state index contributed by atoms with van der Waals surface area (Å²) < 4.78 is 17.1. The molecule has 1 saturated carbocycles. The van der Waals surface area contributed by atoms with E-state index in [0.29, 0.717) is 22.3 Å². The van der Waals surface area contributed by atoms with Gasteiger partial charge in [0.15, 0.2) is 12.4 Å². The quantitative estimate of drug-likeness (QED) is 0.166. The lowest BCUT2D eigenvalue weighted by Gasteiger charge is -2.22. The lowest BCUT2D eigenvalue weighted by atomic mass is 9.88. The van der Waals surface area contributed by atoms with Gasteiger partial charge in [-0.15, -0.1) is 0 Å². The minimum atomic E-state index is -0.702. The van der Waals surface area contributed by atoms with Crippen molar-refractivity contribution in [3.63, 3.8) is 0 Å². The van der Waals surface area contributed by atoms with Crippen molar-refractivity contribution in [3.8, 4) is 11.5 Å². The third-order valence-corrected chi connectivity index (χ3v) is 6.66. The molecule has 3 aromatic rings. The summed E-state index contributed by atoms with van der Waals surface area (Å²) in [7, 11) is 2.50. The second kappa shape index (κ2) is 11.5. The van der Waals surface area contributed by atoms with E-state index < -0.39 is 23.2 Å². The summed E-state index contributed by atoms with van der Waals surface area (Å²) >= 11 is 3.40. The van der Waals surface area contributed by atoms with Gasteiger partial charge >= 0.3 is 11.7 Å². The molecular weight excluding hydrogens is 548 g/mol. The van der Waals surface area contributed by atoms with Crippen molar-refractivity contribution in [3.05, 3.63) is 66.7 Å². The van der Waals surface area contributed by atoms with E-state index in [1.165, 1.54) is 37.2 Å². The van der Waals surface area contributed by atoms with Crippen LogP contribution in [0.4, 0.5) is 5.69 Å². The fourth-order valence-electron chi connectivity index (χ4n) is 4.33. The number of halogens is 1. The minimum absolute atomic E-state index is 0.0278. The lowest BCUT2D eigenvalue weighted by Crippen LogP contribution is -2.25. The maximum atomic E-state index is 13.5. The lowest BCUT2D eigenvalue weighted by molar-refractivity contribution is -0.385. The van der Waals surface area contributed by atoms with Crippen molar-refractivity contribution in [2.75, 3.05) is 20.8 Å². The molecule has 0 aliphatic heterocycles. The van der Waals surface area contributed by atoms with Crippen LogP contribution in [0.5, 0.6) is 11.5 Å². The molecular formula is C25H25BrN4O7. The monoisotopic (exact) mass is 572 g/mol. The smallest absolute Gasteiger partial charge is 0.343 e. The zero-order valence-corrected chi connectivity index (χ0v) is 21.9. The van der Waals surface area contributed by atoms with Gasteiger partial charge in [-0.25, -0.2) is 9.78 Å². The molecule has 0 radical (unpaired) electrons. The van der Waals surface area contributed by atoms with Gasteiger partial charge in [-0.2, -0.15) is 9.78 Å². The number of hydrogen-bond acceptors (Lipinski definition) is 9. The first-order chi connectivity index (χ1) is 17.8. The van der Waals surface area contributed by atoms with Gasteiger partial charge in [0.25, 0.3) is 5.56 Å². The zero-order valence-electron chi connectivity index (χ0n) is 20.3. The Balaban J connectivity index is 1.80. The Morgan fingerprint density at radius 1 is 1.24 bits per heavy atom. The topological polar surface area (TPSA) is 135 Å². The summed E-state index contributed by atoms with van der Waals surface area (Å²) in [6, 6.07) is 8.03. The number of carbonyl (C=O) groups excluding carboxylic acids is 1. The van der Waals surface area contributed by atoms with Gasteiger partial charge in [-0.05, 0) is 37.1 Å². The van der Waals surface area contributed by atoms with Crippen molar-refractivity contribution in [1.82, 2.24) is 9.66 Å². The summed E-state index contributed by atoms with van der Waals surface area (Å²) in [5.74, 6) is -0.251. The normalized spacial score (nSPS) is 14.1. The van der Waals surface area contributed by atoms with Gasteiger partial charge in [0, 0.05) is 22.0 Å². The molecule has 2 aromatic carbocycles. The van der Waals surface area contributed by atoms with Crippen LogP contribution in [0, 0.1) is 10.1 Å². The van der Waals surface area contributed by atoms with Crippen molar-refractivity contribution >= 4 is 44.7 Å². The average molecular weight is 573 g/mol. The van der Waals surface area contributed by atoms with Crippen LogP contribution in [-0.2, 0) is 9.53 Å². The Bertz CT molecular complexity index is 1430. The van der Waals surface area contributed by atoms with Gasteiger partial charge in [0.1, 0.15) is 5.82 Å². The first kappa shape index (κ1) is 26.3. The fraction of sp³-hybridized carbons (Fsp3) is 0.360. The van der Waals surface area contributed by atoms with Crippen LogP contribution in [0.1, 0.15) is 49.4 Å². The van der Waals surface area contributed by atoms with E-state index in [4.69, 9.17) is 14.5 Å². The van der Waals surface area contributed by atoms with E-state index in [2.05, 4.69) is 25.8 Å².